The highest BCUT2D eigenvalue weighted by Crippen LogP contribution is 2.30. The average Bonchev–Trinajstić information content (AvgIpc) is 2.73. The molecular formula is C14H11ClN4O4. The minimum atomic E-state index is -0.892. The molecule has 2 amide bonds. The number of nitrogens with one attached hydrogen (secondary N) is 3. The van der Waals surface area contributed by atoms with Crippen molar-refractivity contribution in [3.8, 4) is 0 Å². The molecule has 3 rings (SSSR count). The van der Waals surface area contributed by atoms with E-state index in [2.05, 4.69) is 10.3 Å². The van der Waals surface area contributed by atoms with Crippen LogP contribution in [0.15, 0.2) is 39.9 Å². The molecule has 1 aliphatic rings. The van der Waals surface area contributed by atoms with Gasteiger partial charge in [0.25, 0.3) is 11.5 Å². The average molecular weight is 335 g/mol. The topological polar surface area (TPSA) is 115 Å². The summed E-state index contributed by atoms with van der Waals surface area (Å²) >= 11 is 6.02. The van der Waals surface area contributed by atoms with Crippen LogP contribution in [-0.4, -0.2) is 27.8 Å². The number of aromatic amines is 2. The lowest BCUT2D eigenvalue weighted by atomic mass is 10.2. The molecule has 0 unspecified atom stereocenters. The largest absolute Gasteiger partial charge is 0.359 e. The standard InChI is InChI=1S/C14H11ClN4O4/c15-7-3-1-2-4-9(7)19-12(21)5-8(13(19)22)16-10-6-11(20)18-14(23)17-10/h1-4,6,8H,5H2,(H3,16,17,18,20,23)/t8-/m1/s1. The molecule has 0 saturated carbocycles. The highest BCUT2D eigenvalue weighted by atomic mass is 35.5. The number of hydrogen-bond acceptors (Lipinski definition) is 5. The Bertz CT molecular complexity index is 876. The summed E-state index contributed by atoms with van der Waals surface area (Å²) in [6.45, 7) is 0. The number of rotatable bonds is 3. The minimum Gasteiger partial charge on any atom is -0.359 e. The Labute approximate surface area is 134 Å². The fraction of sp³-hybridized carbons (Fsp3) is 0.143. The molecule has 23 heavy (non-hydrogen) atoms. The first kappa shape index (κ1) is 15.0. The Kier molecular flexibility index (Phi) is 3.75. The van der Waals surface area contributed by atoms with Crippen LogP contribution in [0.4, 0.5) is 11.5 Å². The van der Waals surface area contributed by atoms with Crippen LogP contribution in [0.3, 0.4) is 0 Å². The summed E-state index contributed by atoms with van der Waals surface area (Å²) in [6.07, 6.45) is -0.112. The first-order valence-electron chi connectivity index (χ1n) is 6.67. The number of carbonyl (C=O) groups is 2. The van der Waals surface area contributed by atoms with E-state index < -0.39 is 29.1 Å². The first-order chi connectivity index (χ1) is 11.0. The zero-order valence-corrected chi connectivity index (χ0v) is 12.4. The van der Waals surface area contributed by atoms with Crippen molar-refractivity contribution in [1.82, 2.24) is 9.97 Å². The maximum atomic E-state index is 12.4. The van der Waals surface area contributed by atoms with Gasteiger partial charge in [0.1, 0.15) is 11.9 Å². The Hall–Kier alpha value is -2.87. The van der Waals surface area contributed by atoms with Crippen molar-refractivity contribution in [2.75, 3.05) is 10.2 Å². The van der Waals surface area contributed by atoms with Crippen LogP contribution in [0.2, 0.25) is 5.02 Å². The summed E-state index contributed by atoms with van der Waals surface area (Å²) in [4.78, 5) is 52.4. The number of carbonyl (C=O) groups excluding carboxylic acids is 2. The Morgan fingerprint density at radius 3 is 2.57 bits per heavy atom. The van der Waals surface area contributed by atoms with Gasteiger partial charge in [0.2, 0.25) is 5.91 Å². The molecule has 1 fully saturated rings. The van der Waals surface area contributed by atoms with E-state index in [9.17, 15) is 19.2 Å². The van der Waals surface area contributed by atoms with Crippen LogP contribution < -0.4 is 21.5 Å². The van der Waals surface area contributed by atoms with Gasteiger partial charge in [-0.3, -0.25) is 24.4 Å². The van der Waals surface area contributed by atoms with Crippen LogP contribution >= 0.6 is 11.6 Å². The van der Waals surface area contributed by atoms with Crippen LogP contribution in [0.1, 0.15) is 6.42 Å². The zero-order valence-electron chi connectivity index (χ0n) is 11.6. The van der Waals surface area contributed by atoms with E-state index in [0.717, 1.165) is 11.0 Å². The van der Waals surface area contributed by atoms with Gasteiger partial charge in [-0.15, -0.1) is 0 Å². The quantitative estimate of drug-likeness (QED) is 0.705. The smallest absolute Gasteiger partial charge is 0.327 e. The van der Waals surface area contributed by atoms with E-state index in [1.54, 1.807) is 24.3 Å². The van der Waals surface area contributed by atoms with Crippen molar-refractivity contribution in [3.05, 3.63) is 56.2 Å². The Balaban J connectivity index is 1.88. The predicted molar refractivity (Wildman–Crippen MR) is 83.7 cm³/mol. The minimum absolute atomic E-state index is 0.0610. The first-order valence-corrected chi connectivity index (χ1v) is 7.05. The van der Waals surface area contributed by atoms with Crippen molar-refractivity contribution in [2.24, 2.45) is 0 Å². The normalized spacial score (nSPS) is 17.6. The van der Waals surface area contributed by atoms with Crippen molar-refractivity contribution < 1.29 is 9.59 Å². The third kappa shape index (κ3) is 2.88. The second-order valence-corrected chi connectivity index (χ2v) is 5.33. The molecule has 2 aromatic rings. The molecule has 118 valence electrons. The number of nitrogens with zero attached hydrogens (tertiary/aromatic N) is 1. The molecule has 0 aliphatic carbocycles. The Morgan fingerprint density at radius 1 is 1.13 bits per heavy atom. The number of halogens is 1. The number of aromatic nitrogens is 2. The van der Waals surface area contributed by atoms with E-state index in [1.165, 1.54) is 0 Å². The van der Waals surface area contributed by atoms with E-state index in [1.807, 2.05) is 4.98 Å². The number of para-hydroxylation sites is 1. The van der Waals surface area contributed by atoms with E-state index >= 15 is 0 Å². The summed E-state index contributed by atoms with van der Waals surface area (Å²) in [6, 6.07) is 6.69. The van der Waals surface area contributed by atoms with Gasteiger partial charge in [-0.1, -0.05) is 23.7 Å². The molecule has 1 aromatic heterocycles. The van der Waals surface area contributed by atoms with Gasteiger partial charge < -0.3 is 5.32 Å². The van der Waals surface area contributed by atoms with E-state index in [4.69, 9.17) is 11.6 Å². The second-order valence-electron chi connectivity index (χ2n) is 4.92. The molecule has 8 nitrogen and oxygen atoms in total. The molecule has 0 bridgehead atoms. The van der Waals surface area contributed by atoms with Crippen LogP contribution in [-0.2, 0) is 9.59 Å². The van der Waals surface area contributed by atoms with Gasteiger partial charge in [-0.2, -0.15) is 0 Å². The molecule has 1 aromatic carbocycles. The van der Waals surface area contributed by atoms with Crippen LogP contribution in [0, 0.1) is 0 Å². The molecule has 0 radical (unpaired) electrons. The SMILES string of the molecule is O=C1C[C@@H](Nc2cc(=O)[nH]c(=O)[nH]2)C(=O)N1c1ccccc1Cl. The number of imide groups is 1. The fourth-order valence-corrected chi connectivity index (χ4v) is 2.59. The molecule has 2 heterocycles. The molecule has 9 heteroatoms. The van der Waals surface area contributed by atoms with Gasteiger partial charge in [-0.25, -0.2) is 9.69 Å². The van der Waals surface area contributed by atoms with E-state index in [0.29, 0.717) is 5.69 Å². The highest BCUT2D eigenvalue weighted by Gasteiger charge is 2.40. The second kappa shape index (κ2) is 5.73. The molecule has 1 aliphatic heterocycles. The third-order valence-corrected chi connectivity index (χ3v) is 3.65. The molecular weight excluding hydrogens is 324 g/mol. The van der Waals surface area contributed by atoms with Crippen molar-refractivity contribution >= 4 is 34.9 Å². The number of H-pyrrole nitrogens is 2. The van der Waals surface area contributed by atoms with Gasteiger partial charge in [0, 0.05) is 6.07 Å². The van der Waals surface area contributed by atoms with Gasteiger partial charge in [-0.05, 0) is 12.1 Å². The van der Waals surface area contributed by atoms with Crippen molar-refractivity contribution in [3.63, 3.8) is 0 Å². The summed E-state index contributed by atoms with van der Waals surface area (Å²) in [5, 5.41) is 2.97. The van der Waals surface area contributed by atoms with Crippen molar-refractivity contribution in [1.29, 1.82) is 0 Å². The summed E-state index contributed by atoms with van der Waals surface area (Å²) in [7, 11) is 0. The number of anilines is 2. The summed E-state index contributed by atoms with van der Waals surface area (Å²) in [5.74, 6) is -0.872. The molecule has 1 saturated heterocycles. The summed E-state index contributed by atoms with van der Waals surface area (Å²) < 4.78 is 0. The lowest BCUT2D eigenvalue weighted by Crippen LogP contribution is -2.36. The third-order valence-electron chi connectivity index (χ3n) is 3.33. The number of amides is 2. The zero-order chi connectivity index (χ0) is 16.6. The van der Waals surface area contributed by atoms with E-state index in [-0.39, 0.29) is 17.3 Å². The number of hydrogen-bond donors (Lipinski definition) is 3. The van der Waals surface area contributed by atoms with Gasteiger partial charge >= 0.3 is 5.69 Å². The Morgan fingerprint density at radius 2 is 1.87 bits per heavy atom. The van der Waals surface area contributed by atoms with Crippen LogP contribution in [0.25, 0.3) is 0 Å². The molecule has 0 spiro atoms. The van der Waals surface area contributed by atoms with Crippen molar-refractivity contribution in [2.45, 2.75) is 12.5 Å². The lowest BCUT2D eigenvalue weighted by molar-refractivity contribution is -0.121. The highest BCUT2D eigenvalue weighted by molar-refractivity contribution is 6.36. The fourth-order valence-electron chi connectivity index (χ4n) is 2.37. The lowest BCUT2D eigenvalue weighted by Gasteiger charge is -2.16. The van der Waals surface area contributed by atoms with Gasteiger partial charge in [0.05, 0.1) is 17.1 Å². The van der Waals surface area contributed by atoms with Gasteiger partial charge in [0.15, 0.2) is 0 Å². The maximum Gasteiger partial charge on any atom is 0.327 e. The predicted octanol–water partition coefficient (Wildman–Crippen LogP) is 0.461. The number of benzene rings is 1. The molecule has 1 atom stereocenters. The van der Waals surface area contributed by atoms with Crippen LogP contribution in [0.5, 0.6) is 0 Å². The summed E-state index contributed by atoms with van der Waals surface area (Å²) in [5.41, 5.74) is -1.02. The maximum absolute atomic E-state index is 12.4. The monoisotopic (exact) mass is 334 g/mol. The molecule has 3 N–H and O–H groups in total.